The lowest BCUT2D eigenvalue weighted by molar-refractivity contribution is 0.297. The van der Waals surface area contributed by atoms with Gasteiger partial charge >= 0.3 is 0 Å². The third-order valence-electron chi connectivity index (χ3n) is 3.23. The Kier molecular flexibility index (Phi) is 4.74. The molecular weight excluding hydrogens is 270 g/mol. The number of thiocarbonyl (C=S) groups is 1. The second kappa shape index (κ2) is 6.52. The van der Waals surface area contributed by atoms with Gasteiger partial charge in [-0.25, -0.2) is 0 Å². The van der Waals surface area contributed by atoms with Crippen LogP contribution in [0.4, 0.5) is 0 Å². The molecule has 0 saturated carbocycles. The van der Waals surface area contributed by atoms with E-state index in [0.717, 1.165) is 17.7 Å². The van der Waals surface area contributed by atoms with E-state index < -0.39 is 0 Å². The van der Waals surface area contributed by atoms with Crippen molar-refractivity contribution in [3.63, 3.8) is 0 Å². The molecule has 1 aromatic heterocycles. The Morgan fingerprint density at radius 3 is 2.85 bits per heavy atom. The normalized spacial score (nSPS) is 12.1. The topological polar surface area (TPSA) is 53.1 Å². The van der Waals surface area contributed by atoms with Gasteiger partial charge in [0.1, 0.15) is 17.3 Å². The molecule has 1 unspecified atom stereocenters. The Morgan fingerprint density at radius 1 is 1.40 bits per heavy atom. The maximum absolute atomic E-state index is 5.77. The summed E-state index contributed by atoms with van der Waals surface area (Å²) in [5.74, 6) is 0.693. The molecule has 1 atom stereocenters. The van der Waals surface area contributed by atoms with Crippen molar-refractivity contribution in [1.82, 2.24) is 9.78 Å². The van der Waals surface area contributed by atoms with E-state index in [1.807, 2.05) is 41.2 Å². The smallest absolute Gasteiger partial charge is 0.132 e. The lowest BCUT2D eigenvalue weighted by atomic mass is 10.2. The summed E-state index contributed by atoms with van der Waals surface area (Å²) in [5.41, 5.74) is 7.32. The highest BCUT2D eigenvalue weighted by molar-refractivity contribution is 7.80. The van der Waals surface area contributed by atoms with E-state index >= 15 is 0 Å². The summed E-state index contributed by atoms with van der Waals surface area (Å²) in [7, 11) is 0. The first-order valence-electron chi connectivity index (χ1n) is 6.67. The van der Waals surface area contributed by atoms with Crippen LogP contribution in [0.2, 0.25) is 0 Å². The van der Waals surface area contributed by atoms with Crippen molar-refractivity contribution in [2.75, 3.05) is 0 Å². The minimum atomic E-state index is 0.339. The highest BCUT2D eigenvalue weighted by Crippen LogP contribution is 2.19. The second-order valence-electron chi connectivity index (χ2n) is 4.69. The van der Waals surface area contributed by atoms with Gasteiger partial charge in [-0.3, -0.25) is 4.68 Å². The molecule has 0 radical (unpaired) electrons. The van der Waals surface area contributed by atoms with Crippen molar-refractivity contribution in [2.24, 2.45) is 5.73 Å². The SMILES string of the molecule is CCC(C)n1ccc(COc2ccccc2C(N)=S)n1. The summed E-state index contributed by atoms with van der Waals surface area (Å²) in [4.78, 5) is 0.339. The molecule has 2 aromatic rings. The highest BCUT2D eigenvalue weighted by Gasteiger charge is 2.08. The van der Waals surface area contributed by atoms with Crippen LogP contribution in [0.3, 0.4) is 0 Å². The molecule has 0 amide bonds. The summed E-state index contributed by atoms with van der Waals surface area (Å²) in [5, 5.41) is 4.50. The van der Waals surface area contributed by atoms with Crippen LogP contribution in [-0.2, 0) is 6.61 Å². The van der Waals surface area contributed by atoms with Crippen molar-refractivity contribution < 1.29 is 4.74 Å². The van der Waals surface area contributed by atoms with Crippen LogP contribution >= 0.6 is 12.2 Å². The molecule has 2 rings (SSSR count). The zero-order valence-electron chi connectivity index (χ0n) is 11.7. The molecule has 0 fully saturated rings. The lowest BCUT2D eigenvalue weighted by Gasteiger charge is -2.10. The van der Waals surface area contributed by atoms with Gasteiger partial charge < -0.3 is 10.5 Å². The largest absolute Gasteiger partial charge is 0.486 e. The summed E-state index contributed by atoms with van der Waals surface area (Å²) in [6.45, 7) is 4.68. The van der Waals surface area contributed by atoms with Gasteiger partial charge in [-0.15, -0.1) is 0 Å². The minimum absolute atomic E-state index is 0.339. The zero-order valence-corrected chi connectivity index (χ0v) is 12.6. The second-order valence-corrected chi connectivity index (χ2v) is 5.13. The number of ether oxygens (including phenoxy) is 1. The van der Waals surface area contributed by atoms with Crippen LogP contribution < -0.4 is 10.5 Å². The monoisotopic (exact) mass is 289 g/mol. The standard InChI is InChI=1S/C15H19N3OS/c1-3-11(2)18-9-8-12(17-18)10-19-14-7-5-4-6-13(14)15(16)20/h4-9,11H,3,10H2,1-2H3,(H2,16,20). The fraction of sp³-hybridized carbons (Fsp3) is 0.333. The number of aromatic nitrogens is 2. The Morgan fingerprint density at radius 2 is 2.15 bits per heavy atom. The van der Waals surface area contributed by atoms with Crippen molar-refractivity contribution >= 4 is 17.2 Å². The Labute approximate surface area is 124 Å². The molecular formula is C15H19N3OS. The first kappa shape index (κ1) is 14.5. The lowest BCUT2D eigenvalue weighted by Crippen LogP contribution is -2.12. The predicted octanol–water partition coefficient (Wildman–Crippen LogP) is 3.07. The minimum Gasteiger partial charge on any atom is -0.486 e. The van der Waals surface area contributed by atoms with Crippen LogP contribution in [0.25, 0.3) is 0 Å². The molecule has 20 heavy (non-hydrogen) atoms. The Balaban J connectivity index is 2.06. The first-order valence-corrected chi connectivity index (χ1v) is 7.08. The molecule has 0 bridgehead atoms. The third kappa shape index (κ3) is 3.36. The van der Waals surface area contributed by atoms with Gasteiger partial charge in [0.25, 0.3) is 0 Å². The number of para-hydroxylation sites is 1. The van der Waals surface area contributed by atoms with Crippen molar-refractivity contribution in [2.45, 2.75) is 32.9 Å². The van der Waals surface area contributed by atoms with Gasteiger partial charge in [-0.2, -0.15) is 5.10 Å². The van der Waals surface area contributed by atoms with Crippen LogP contribution in [0.1, 0.15) is 37.6 Å². The molecule has 5 heteroatoms. The molecule has 0 spiro atoms. The fourth-order valence-corrected chi connectivity index (χ4v) is 2.00. The number of hydrogen-bond acceptors (Lipinski definition) is 3. The quantitative estimate of drug-likeness (QED) is 0.830. The van der Waals surface area contributed by atoms with Gasteiger partial charge in [-0.05, 0) is 31.5 Å². The van der Waals surface area contributed by atoms with Gasteiger partial charge in [0.15, 0.2) is 0 Å². The van der Waals surface area contributed by atoms with E-state index in [4.69, 9.17) is 22.7 Å². The first-order chi connectivity index (χ1) is 9.61. The molecule has 2 N–H and O–H groups in total. The molecule has 106 valence electrons. The van der Waals surface area contributed by atoms with Crippen molar-refractivity contribution in [3.05, 3.63) is 47.8 Å². The van der Waals surface area contributed by atoms with E-state index in [-0.39, 0.29) is 0 Å². The molecule has 1 heterocycles. The molecule has 1 aromatic carbocycles. The number of benzene rings is 1. The predicted molar refractivity (Wildman–Crippen MR) is 83.9 cm³/mol. The van der Waals surface area contributed by atoms with Crippen LogP contribution in [-0.4, -0.2) is 14.8 Å². The van der Waals surface area contributed by atoms with Crippen LogP contribution in [0.15, 0.2) is 36.5 Å². The van der Waals surface area contributed by atoms with Crippen molar-refractivity contribution in [1.29, 1.82) is 0 Å². The maximum Gasteiger partial charge on any atom is 0.132 e. The average Bonchev–Trinajstić information content (AvgIpc) is 2.93. The van der Waals surface area contributed by atoms with Gasteiger partial charge in [0.05, 0.1) is 11.3 Å². The average molecular weight is 289 g/mol. The highest BCUT2D eigenvalue weighted by atomic mass is 32.1. The molecule has 0 aliphatic rings. The Hall–Kier alpha value is -1.88. The van der Waals surface area contributed by atoms with Gasteiger partial charge in [0, 0.05) is 12.2 Å². The van der Waals surface area contributed by atoms with E-state index in [2.05, 4.69) is 18.9 Å². The van der Waals surface area contributed by atoms with Gasteiger partial charge in [-0.1, -0.05) is 31.3 Å². The maximum atomic E-state index is 5.77. The number of nitrogens with zero attached hydrogens (tertiary/aromatic N) is 2. The number of rotatable bonds is 6. The van der Waals surface area contributed by atoms with Crippen molar-refractivity contribution in [3.8, 4) is 5.75 Å². The molecule has 0 saturated heterocycles. The van der Waals surface area contributed by atoms with Gasteiger partial charge in [0.2, 0.25) is 0 Å². The molecule has 0 aliphatic carbocycles. The van der Waals surface area contributed by atoms with Crippen LogP contribution in [0.5, 0.6) is 5.75 Å². The molecule has 4 nitrogen and oxygen atoms in total. The number of hydrogen-bond donors (Lipinski definition) is 1. The van der Waals surface area contributed by atoms with E-state index in [1.165, 1.54) is 0 Å². The summed E-state index contributed by atoms with van der Waals surface area (Å²) in [6.07, 6.45) is 3.03. The van der Waals surface area contributed by atoms with E-state index in [1.54, 1.807) is 0 Å². The van der Waals surface area contributed by atoms with E-state index in [9.17, 15) is 0 Å². The summed E-state index contributed by atoms with van der Waals surface area (Å²) < 4.78 is 7.72. The zero-order chi connectivity index (χ0) is 14.5. The van der Waals surface area contributed by atoms with Crippen LogP contribution in [0, 0.1) is 0 Å². The summed E-state index contributed by atoms with van der Waals surface area (Å²) >= 11 is 5.01. The Bertz CT molecular complexity index is 594. The molecule has 0 aliphatic heterocycles. The number of nitrogens with two attached hydrogens (primary N) is 1. The van der Waals surface area contributed by atoms with E-state index in [0.29, 0.717) is 23.4 Å². The summed E-state index contributed by atoms with van der Waals surface area (Å²) in [6, 6.07) is 9.87. The third-order valence-corrected chi connectivity index (χ3v) is 3.45. The fourth-order valence-electron chi connectivity index (χ4n) is 1.83.